The first-order valence-corrected chi connectivity index (χ1v) is 9.34. The number of carbonyl (C=O) groups excluding carboxylic acids is 1. The maximum atomic E-state index is 13.0. The third kappa shape index (κ3) is 3.11. The lowest BCUT2D eigenvalue weighted by Crippen LogP contribution is -2.56. The number of aromatic nitrogens is 2. The zero-order valence-corrected chi connectivity index (χ0v) is 14.9. The second kappa shape index (κ2) is 6.79. The maximum Gasteiger partial charge on any atom is 0.340 e. The lowest BCUT2D eigenvalue weighted by Gasteiger charge is -2.39. The van der Waals surface area contributed by atoms with Crippen LogP contribution in [0.25, 0.3) is 16.7 Å². The van der Waals surface area contributed by atoms with Crippen LogP contribution < -0.4 is 5.32 Å². The van der Waals surface area contributed by atoms with Gasteiger partial charge in [-0.3, -0.25) is 0 Å². The van der Waals surface area contributed by atoms with Crippen LogP contribution >= 0.6 is 0 Å². The minimum atomic E-state index is -0.272. The van der Waals surface area contributed by atoms with E-state index in [4.69, 9.17) is 9.47 Å². The first-order valence-electron chi connectivity index (χ1n) is 9.34. The monoisotopic (exact) mass is 363 g/mol. The minimum Gasteiger partial charge on any atom is -0.459 e. The zero-order valence-electron chi connectivity index (χ0n) is 14.9. The molecule has 4 heterocycles. The summed E-state index contributed by atoms with van der Waals surface area (Å²) in [6.07, 6.45) is 5.09. The van der Waals surface area contributed by atoms with E-state index in [0.717, 1.165) is 29.6 Å². The third-order valence-corrected chi connectivity index (χ3v) is 5.31. The fourth-order valence-corrected chi connectivity index (χ4v) is 4.12. The average molecular weight is 363 g/mol. The van der Waals surface area contributed by atoms with E-state index in [1.54, 1.807) is 6.20 Å². The molecular formula is C21H21N3O3. The summed E-state index contributed by atoms with van der Waals surface area (Å²) in [5, 5.41) is 4.40. The number of morpholine rings is 1. The summed E-state index contributed by atoms with van der Waals surface area (Å²) in [4.78, 5) is 17.4. The van der Waals surface area contributed by atoms with Gasteiger partial charge in [0.1, 0.15) is 11.9 Å². The molecular weight excluding hydrogens is 342 g/mol. The smallest absolute Gasteiger partial charge is 0.340 e. The molecule has 2 aliphatic heterocycles. The Bertz CT molecular complexity index is 957. The third-order valence-electron chi connectivity index (χ3n) is 5.31. The summed E-state index contributed by atoms with van der Waals surface area (Å²) in [6, 6.07) is 14.1. The highest BCUT2D eigenvalue weighted by Gasteiger charge is 2.34. The number of carbonyl (C=O) groups is 1. The molecule has 0 spiro atoms. The molecule has 5 rings (SSSR count). The van der Waals surface area contributed by atoms with Crippen molar-refractivity contribution in [2.24, 2.45) is 0 Å². The molecule has 2 atom stereocenters. The molecule has 6 nitrogen and oxygen atoms in total. The second-order valence-corrected chi connectivity index (χ2v) is 7.21. The molecule has 2 unspecified atom stereocenters. The Kier molecular flexibility index (Phi) is 4.14. The second-order valence-electron chi connectivity index (χ2n) is 7.21. The number of pyridine rings is 1. The summed E-state index contributed by atoms with van der Waals surface area (Å²) in [5.41, 5.74) is 1.52. The normalized spacial score (nSPS) is 24.7. The van der Waals surface area contributed by atoms with E-state index in [-0.39, 0.29) is 24.2 Å². The van der Waals surface area contributed by atoms with Crippen molar-refractivity contribution in [1.29, 1.82) is 0 Å². The number of ether oxygens (including phenoxy) is 2. The van der Waals surface area contributed by atoms with E-state index in [1.165, 1.54) is 0 Å². The highest BCUT2D eigenvalue weighted by atomic mass is 16.5. The van der Waals surface area contributed by atoms with Gasteiger partial charge in [-0.15, -0.1) is 0 Å². The van der Waals surface area contributed by atoms with Gasteiger partial charge in [-0.1, -0.05) is 24.3 Å². The van der Waals surface area contributed by atoms with Crippen LogP contribution in [0.15, 0.2) is 54.9 Å². The van der Waals surface area contributed by atoms with Crippen molar-refractivity contribution in [3.8, 4) is 5.82 Å². The van der Waals surface area contributed by atoms with Gasteiger partial charge in [-0.05, 0) is 18.2 Å². The first-order chi connectivity index (χ1) is 13.3. The largest absolute Gasteiger partial charge is 0.459 e. The van der Waals surface area contributed by atoms with Crippen LogP contribution in [0.1, 0.15) is 23.2 Å². The Morgan fingerprint density at radius 2 is 1.89 bits per heavy atom. The highest BCUT2D eigenvalue weighted by molar-refractivity contribution is 6.04. The molecule has 2 aromatic heterocycles. The Morgan fingerprint density at radius 1 is 1.11 bits per heavy atom. The van der Waals surface area contributed by atoms with Crippen LogP contribution in [-0.2, 0) is 9.47 Å². The predicted octanol–water partition coefficient (Wildman–Crippen LogP) is 2.70. The number of benzene rings is 1. The number of esters is 1. The topological polar surface area (TPSA) is 65.4 Å². The number of nitrogens with zero attached hydrogens (tertiary/aromatic N) is 2. The predicted molar refractivity (Wildman–Crippen MR) is 101 cm³/mol. The lowest BCUT2D eigenvalue weighted by molar-refractivity contribution is -0.0339. The van der Waals surface area contributed by atoms with Gasteiger partial charge in [0.05, 0.1) is 24.3 Å². The average Bonchev–Trinajstić information content (AvgIpc) is 3.08. The van der Waals surface area contributed by atoms with E-state index in [9.17, 15) is 4.79 Å². The van der Waals surface area contributed by atoms with E-state index < -0.39 is 0 Å². The van der Waals surface area contributed by atoms with Gasteiger partial charge in [0.15, 0.2) is 0 Å². The SMILES string of the molecule is O=C(OC1CC2COCC(C1)N2)c1cn(-c2ccccn2)c2ccccc12. The number of piperidine rings is 1. The van der Waals surface area contributed by atoms with Crippen LogP contribution in [0.5, 0.6) is 0 Å². The number of rotatable bonds is 3. The number of para-hydroxylation sites is 1. The van der Waals surface area contributed by atoms with Crippen LogP contribution in [0.3, 0.4) is 0 Å². The van der Waals surface area contributed by atoms with Crippen molar-refractivity contribution in [2.45, 2.75) is 31.0 Å². The maximum absolute atomic E-state index is 13.0. The molecule has 138 valence electrons. The molecule has 1 N–H and O–H groups in total. The van der Waals surface area contributed by atoms with Crippen molar-refractivity contribution in [2.75, 3.05) is 13.2 Å². The first kappa shape index (κ1) is 16.5. The van der Waals surface area contributed by atoms with Crippen molar-refractivity contribution in [3.05, 3.63) is 60.4 Å². The Balaban J connectivity index is 1.45. The van der Waals surface area contributed by atoms with Crippen molar-refractivity contribution >= 4 is 16.9 Å². The number of nitrogens with one attached hydrogen (secondary N) is 1. The molecule has 3 aromatic rings. The standard InChI is InChI=1S/C21H21N3O3/c25-21(27-16-9-14-12-26-13-15(10-16)23-14)18-11-24(20-7-3-4-8-22-20)19-6-2-1-5-17(18)19/h1-8,11,14-16,23H,9-10,12-13H2. The molecule has 0 amide bonds. The molecule has 27 heavy (non-hydrogen) atoms. The summed E-state index contributed by atoms with van der Waals surface area (Å²) >= 11 is 0. The Labute approximate surface area is 157 Å². The van der Waals surface area contributed by atoms with Gasteiger partial charge in [0, 0.05) is 42.7 Å². The number of hydrogen-bond acceptors (Lipinski definition) is 5. The van der Waals surface area contributed by atoms with Gasteiger partial charge in [-0.25, -0.2) is 9.78 Å². The van der Waals surface area contributed by atoms with Crippen molar-refractivity contribution in [3.63, 3.8) is 0 Å². The summed E-state index contributed by atoms with van der Waals surface area (Å²) in [7, 11) is 0. The highest BCUT2D eigenvalue weighted by Crippen LogP contribution is 2.27. The minimum absolute atomic E-state index is 0.0744. The number of fused-ring (bicyclic) bond motifs is 3. The zero-order chi connectivity index (χ0) is 18.2. The molecule has 2 fully saturated rings. The fourth-order valence-electron chi connectivity index (χ4n) is 4.12. The summed E-state index contributed by atoms with van der Waals surface area (Å²) in [6.45, 7) is 1.37. The van der Waals surface area contributed by atoms with E-state index >= 15 is 0 Å². The summed E-state index contributed by atoms with van der Waals surface area (Å²) < 4.78 is 13.4. The fraction of sp³-hybridized carbons (Fsp3) is 0.333. The van der Waals surface area contributed by atoms with E-state index in [0.29, 0.717) is 18.8 Å². The Morgan fingerprint density at radius 3 is 2.67 bits per heavy atom. The molecule has 2 saturated heterocycles. The van der Waals surface area contributed by atoms with Gasteiger partial charge in [-0.2, -0.15) is 0 Å². The summed E-state index contributed by atoms with van der Waals surface area (Å²) in [5.74, 6) is 0.507. The molecule has 0 aliphatic carbocycles. The quantitative estimate of drug-likeness (QED) is 0.725. The molecule has 2 aliphatic rings. The van der Waals surface area contributed by atoms with E-state index in [2.05, 4.69) is 10.3 Å². The van der Waals surface area contributed by atoms with Gasteiger partial charge in [0.2, 0.25) is 0 Å². The molecule has 0 saturated carbocycles. The van der Waals surface area contributed by atoms with Crippen LogP contribution in [0.4, 0.5) is 0 Å². The van der Waals surface area contributed by atoms with Gasteiger partial charge >= 0.3 is 5.97 Å². The van der Waals surface area contributed by atoms with Crippen LogP contribution in [-0.4, -0.2) is 46.9 Å². The lowest BCUT2D eigenvalue weighted by atomic mass is 9.94. The number of hydrogen-bond donors (Lipinski definition) is 1. The molecule has 0 radical (unpaired) electrons. The Hall–Kier alpha value is -2.70. The van der Waals surface area contributed by atoms with Crippen LogP contribution in [0.2, 0.25) is 0 Å². The van der Waals surface area contributed by atoms with Crippen LogP contribution in [0, 0.1) is 0 Å². The van der Waals surface area contributed by atoms with E-state index in [1.807, 2.05) is 53.2 Å². The molecule has 2 bridgehead atoms. The van der Waals surface area contributed by atoms with Gasteiger partial charge in [0.25, 0.3) is 0 Å². The van der Waals surface area contributed by atoms with Crippen molar-refractivity contribution in [1.82, 2.24) is 14.9 Å². The van der Waals surface area contributed by atoms with Gasteiger partial charge < -0.3 is 19.4 Å². The van der Waals surface area contributed by atoms with Crippen molar-refractivity contribution < 1.29 is 14.3 Å². The molecule has 6 heteroatoms. The molecule has 1 aromatic carbocycles.